The number of carboxylic acid groups (broad SMARTS) is 1. The lowest BCUT2D eigenvalue weighted by Crippen LogP contribution is -2.31. The number of carboxylic acids is 1. The number of hydrogen-bond acceptors (Lipinski definition) is 11. The molecule has 0 atom stereocenters. The minimum absolute atomic E-state index is 0.0472. The second-order valence-electron chi connectivity index (χ2n) is 10.7. The maximum absolute atomic E-state index is 13.2. The number of unbranched alkanes of at least 4 members (excludes halogenated alkanes) is 2. The summed E-state index contributed by atoms with van der Waals surface area (Å²) in [5.74, 6) is -3.65. The standard InChI is InChI=1S/C30H26N4O12S2/c31-20-8-6-17-24(18-7-9-21(32)28(48(43,44)45)26(18)46-25(17)27(20)47(40,41)42)19-14-15(4-5-16(19)30(38)39)29(37)33-12-2-1-3-13-34-22(35)10-11-23(34)36/h4-11,14,31H,1-3,12-13,32H2,(H,33,37)(H,38,39)(H,40,41,42)(H,43,44,45). The van der Waals surface area contributed by atoms with Crippen molar-refractivity contribution in [1.82, 2.24) is 10.2 Å². The molecule has 0 spiro atoms. The van der Waals surface area contributed by atoms with Crippen molar-refractivity contribution in [3.05, 3.63) is 71.1 Å². The molecule has 16 nitrogen and oxygen atoms in total. The maximum atomic E-state index is 13.2. The number of hydrogen-bond donors (Lipinski definition) is 6. The van der Waals surface area contributed by atoms with E-state index in [-0.39, 0.29) is 40.7 Å². The van der Waals surface area contributed by atoms with Gasteiger partial charge in [-0.3, -0.25) is 33.8 Å². The highest BCUT2D eigenvalue weighted by Gasteiger charge is 2.32. The van der Waals surface area contributed by atoms with Gasteiger partial charge in [-0.25, -0.2) is 4.79 Å². The molecule has 2 aromatic carbocycles. The molecule has 3 amide bonds. The van der Waals surface area contributed by atoms with Crippen LogP contribution in [0.15, 0.2) is 68.8 Å². The van der Waals surface area contributed by atoms with Crippen molar-refractivity contribution in [2.75, 3.05) is 18.8 Å². The topological polar surface area (TPSA) is 276 Å². The van der Waals surface area contributed by atoms with E-state index in [1.165, 1.54) is 36.4 Å². The van der Waals surface area contributed by atoms with E-state index in [1.807, 2.05) is 0 Å². The molecular weight excluding hydrogens is 672 g/mol. The third-order valence-corrected chi connectivity index (χ3v) is 9.40. The molecule has 18 heteroatoms. The third-order valence-electron chi connectivity index (χ3n) is 7.54. The van der Waals surface area contributed by atoms with E-state index in [4.69, 9.17) is 15.6 Å². The molecule has 2 heterocycles. The van der Waals surface area contributed by atoms with E-state index >= 15 is 0 Å². The molecular formula is C30H26N4O12S2. The van der Waals surface area contributed by atoms with E-state index in [1.54, 1.807) is 0 Å². The second kappa shape index (κ2) is 12.6. The largest absolute Gasteiger partial charge is 0.478 e. The van der Waals surface area contributed by atoms with Gasteiger partial charge in [0.05, 0.1) is 16.6 Å². The van der Waals surface area contributed by atoms with E-state index in [9.17, 15) is 50.2 Å². The van der Waals surface area contributed by atoms with Gasteiger partial charge in [0.1, 0.15) is 0 Å². The van der Waals surface area contributed by atoms with Gasteiger partial charge in [0.15, 0.2) is 21.1 Å². The Labute approximate surface area is 271 Å². The molecule has 2 aromatic rings. The summed E-state index contributed by atoms with van der Waals surface area (Å²) in [6.45, 7) is 0.391. The Morgan fingerprint density at radius 3 is 2.17 bits per heavy atom. The van der Waals surface area contributed by atoms with Gasteiger partial charge in [-0.1, -0.05) is 0 Å². The molecule has 5 rings (SSSR count). The Morgan fingerprint density at radius 1 is 0.875 bits per heavy atom. The van der Waals surface area contributed by atoms with Crippen LogP contribution in [0.4, 0.5) is 5.69 Å². The van der Waals surface area contributed by atoms with E-state index < -0.39 is 81.7 Å². The Balaban J connectivity index is 1.59. The van der Waals surface area contributed by atoms with Crippen molar-refractivity contribution in [2.45, 2.75) is 29.1 Å². The predicted octanol–water partition coefficient (Wildman–Crippen LogP) is 2.28. The van der Waals surface area contributed by atoms with Gasteiger partial charge in [0.25, 0.3) is 38.0 Å². The number of aromatic carboxylic acids is 1. The molecule has 0 saturated heterocycles. The maximum Gasteiger partial charge on any atom is 0.336 e. The van der Waals surface area contributed by atoms with Gasteiger partial charge in [-0.2, -0.15) is 16.8 Å². The van der Waals surface area contributed by atoms with Crippen LogP contribution in [0.1, 0.15) is 40.0 Å². The number of carbonyl (C=O) groups excluding carboxylic acids is 3. The summed E-state index contributed by atoms with van der Waals surface area (Å²) in [7, 11) is -10.4. The number of nitrogens with zero attached hydrogens (tertiary/aromatic N) is 1. The molecule has 250 valence electrons. The van der Waals surface area contributed by atoms with Gasteiger partial charge in [-0.05, 0) is 67.3 Å². The monoisotopic (exact) mass is 698 g/mol. The summed E-state index contributed by atoms with van der Waals surface area (Å²) in [5, 5.41) is 20.0. The van der Waals surface area contributed by atoms with Crippen molar-refractivity contribution < 1.29 is 54.6 Å². The lowest BCUT2D eigenvalue weighted by atomic mass is 9.89. The number of fused-ring (bicyclic) bond motifs is 2. The van der Waals surface area contributed by atoms with Gasteiger partial charge < -0.3 is 20.6 Å². The van der Waals surface area contributed by atoms with Crippen molar-refractivity contribution in [1.29, 1.82) is 5.41 Å². The smallest absolute Gasteiger partial charge is 0.336 e. The fourth-order valence-electron chi connectivity index (χ4n) is 5.40. The van der Waals surface area contributed by atoms with Crippen molar-refractivity contribution in [2.24, 2.45) is 0 Å². The Bertz CT molecular complexity index is 2310. The third kappa shape index (κ3) is 6.41. The number of benzene rings is 3. The van der Waals surface area contributed by atoms with E-state index in [0.717, 1.165) is 23.1 Å². The molecule has 48 heavy (non-hydrogen) atoms. The highest BCUT2D eigenvalue weighted by Crippen LogP contribution is 2.45. The van der Waals surface area contributed by atoms with Crippen LogP contribution in [-0.4, -0.2) is 72.7 Å². The van der Waals surface area contributed by atoms with E-state index in [0.29, 0.717) is 19.3 Å². The van der Waals surface area contributed by atoms with Crippen LogP contribution < -0.4 is 16.4 Å². The second-order valence-corrected chi connectivity index (χ2v) is 13.4. The predicted molar refractivity (Wildman–Crippen MR) is 167 cm³/mol. The fraction of sp³-hybridized carbons (Fsp3) is 0.167. The molecule has 1 aliphatic carbocycles. The molecule has 2 aliphatic heterocycles. The van der Waals surface area contributed by atoms with Gasteiger partial charge in [0, 0.05) is 47.3 Å². The van der Waals surface area contributed by atoms with Crippen molar-refractivity contribution >= 4 is 60.6 Å². The van der Waals surface area contributed by atoms with Crippen molar-refractivity contribution in [3.8, 4) is 22.5 Å². The molecule has 7 N–H and O–H groups in total. The first-order valence-corrected chi connectivity index (χ1v) is 16.9. The first-order valence-electron chi connectivity index (χ1n) is 14.0. The van der Waals surface area contributed by atoms with Crippen LogP contribution in [-0.2, 0) is 29.8 Å². The minimum Gasteiger partial charge on any atom is -0.478 e. The van der Waals surface area contributed by atoms with Gasteiger partial charge in [-0.15, -0.1) is 0 Å². The summed E-state index contributed by atoms with van der Waals surface area (Å²) in [6, 6.07) is 8.00. The summed E-state index contributed by atoms with van der Waals surface area (Å²) < 4.78 is 75.2. The zero-order valence-electron chi connectivity index (χ0n) is 24.6. The summed E-state index contributed by atoms with van der Waals surface area (Å²) >= 11 is 0. The average Bonchev–Trinajstić information content (AvgIpc) is 3.31. The van der Waals surface area contributed by atoms with Crippen LogP contribution in [0, 0.1) is 5.41 Å². The number of anilines is 1. The summed E-state index contributed by atoms with van der Waals surface area (Å²) in [4.78, 5) is 48.0. The minimum atomic E-state index is -5.21. The summed E-state index contributed by atoms with van der Waals surface area (Å²) in [6.07, 6.45) is 3.89. The number of carbonyl (C=O) groups is 4. The van der Waals surface area contributed by atoms with Crippen LogP contribution in [0.3, 0.4) is 0 Å². The Morgan fingerprint density at radius 2 is 1.54 bits per heavy atom. The number of nitrogens with one attached hydrogen (secondary N) is 2. The highest BCUT2D eigenvalue weighted by molar-refractivity contribution is 7.86. The number of amides is 3. The molecule has 0 unspecified atom stereocenters. The fourth-order valence-corrected chi connectivity index (χ4v) is 6.89. The van der Waals surface area contributed by atoms with E-state index in [2.05, 4.69) is 5.32 Å². The highest BCUT2D eigenvalue weighted by atomic mass is 32.2. The number of nitrogens with two attached hydrogens (primary N) is 1. The SMILES string of the molecule is N=c1ccc2c(-c3cc(C(=O)NCCCCCN4C(=O)C=CC4=O)ccc3C(=O)O)c3ccc(N)c(S(=O)(=O)O)c3oc-2c1S(=O)(=O)O. The Hall–Kier alpha value is -5.43. The molecule has 0 fully saturated rings. The lowest BCUT2D eigenvalue weighted by Gasteiger charge is -2.20. The van der Waals surface area contributed by atoms with Crippen molar-refractivity contribution in [3.63, 3.8) is 0 Å². The molecule has 0 bridgehead atoms. The zero-order valence-corrected chi connectivity index (χ0v) is 26.2. The molecule has 0 radical (unpaired) electrons. The Kier molecular flexibility index (Phi) is 8.93. The first-order chi connectivity index (χ1) is 22.5. The molecule has 0 saturated carbocycles. The van der Waals surface area contributed by atoms with Gasteiger partial charge in [0.2, 0.25) is 0 Å². The lowest BCUT2D eigenvalue weighted by molar-refractivity contribution is -0.136. The first kappa shape index (κ1) is 33.9. The number of imide groups is 1. The van der Waals surface area contributed by atoms with Crippen LogP contribution in [0.25, 0.3) is 33.4 Å². The average molecular weight is 699 g/mol. The number of nitrogen functional groups attached to an aromatic ring is 1. The summed E-state index contributed by atoms with van der Waals surface area (Å²) in [5.41, 5.74) is 3.58. The van der Waals surface area contributed by atoms with Crippen LogP contribution >= 0.6 is 0 Å². The molecule has 3 aliphatic rings. The van der Waals surface area contributed by atoms with Crippen LogP contribution in [0.2, 0.25) is 0 Å². The van der Waals surface area contributed by atoms with Crippen LogP contribution in [0.5, 0.6) is 0 Å². The normalized spacial score (nSPS) is 13.5. The van der Waals surface area contributed by atoms with Gasteiger partial charge >= 0.3 is 5.97 Å². The zero-order chi connectivity index (χ0) is 35.1. The quantitative estimate of drug-likeness (QED) is 0.0432. The number of rotatable bonds is 11. The molecule has 0 aromatic heterocycles.